The third kappa shape index (κ3) is 4.77. The third-order valence-electron chi connectivity index (χ3n) is 4.76. The van der Waals surface area contributed by atoms with Crippen LogP contribution in [0.3, 0.4) is 0 Å². The van der Waals surface area contributed by atoms with Gasteiger partial charge in [0.25, 0.3) is 0 Å². The second-order valence-corrected chi connectivity index (χ2v) is 6.65. The van der Waals surface area contributed by atoms with Crippen LogP contribution in [-0.2, 0) is 20.1 Å². The Kier molecular flexibility index (Phi) is 6.14. The van der Waals surface area contributed by atoms with Crippen molar-refractivity contribution >= 4 is 5.96 Å². The molecular weight excluding hydrogens is 333 g/mol. The van der Waals surface area contributed by atoms with Gasteiger partial charge in [0.2, 0.25) is 0 Å². The molecule has 0 aromatic carbocycles. The van der Waals surface area contributed by atoms with Crippen LogP contribution < -0.4 is 10.6 Å². The molecule has 2 aromatic heterocycles. The number of halogens is 1. The van der Waals surface area contributed by atoms with Crippen molar-refractivity contribution in [2.24, 2.45) is 12.0 Å². The number of rotatable bonds is 5. The zero-order chi connectivity index (χ0) is 18.4. The van der Waals surface area contributed by atoms with Gasteiger partial charge in [-0.25, -0.2) is 9.38 Å². The van der Waals surface area contributed by atoms with E-state index >= 15 is 0 Å². The van der Waals surface area contributed by atoms with E-state index in [1.54, 1.807) is 12.3 Å². The predicted molar refractivity (Wildman–Crippen MR) is 97.9 cm³/mol. The van der Waals surface area contributed by atoms with Crippen molar-refractivity contribution in [1.29, 1.82) is 0 Å². The minimum Gasteiger partial charge on any atom is -0.354 e. The topological polar surface area (TPSA) is 80.0 Å². The molecule has 2 N–H and O–H groups in total. The van der Waals surface area contributed by atoms with Crippen LogP contribution in [0, 0.1) is 12.7 Å². The van der Waals surface area contributed by atoms with E-state index in [9.17, 15) is 4.39 Å². The normalized spacial score (nSPS) is 15.9. The van der Waals surface area contributed by atoms with Gasteiger partial charge in [-0.2, -0.15) is 0 Å². The van der Waals surface area contributed by atoms with Gasteiger partial charge in [0, 0.05) is 19.3 Å². The summed E-state index contributed by atoms with van der Waals surface area (Å²) in [5.41, 5.74) is 0.340. The molecule has 0 saturated heterocycles. The summed E-state index contributed by atoms with van der Waals surface area (Å²) < 4.78 is 15.7. The Bertz CT molecular complexity index is 750. The van der Waals surface area contributed by atoms with Gasteiger partial charge in [0.05, 0.1) is 18.8 Å². The lowest BCUT2D eigenvalue weighted by Gasteiger charge is -2.25. The van der Waals surface area contributed by atoms with Crippen LogP contribution in [0.1, 0.15) is 49.4 Å². The van der Waals surface area contributed by atoms with Crippen molar-refractivity contribution in [1.82, 2.24) is 30.4 Å². The van der Waals surface area contributed by atoms with Crippen LogP contribution in [0.5, 0.6) is 0 Å². The summed E-state index contributed by atoms with van der Waals surface area (Å²) in [5.74, 6) is 2.00. The Morgan fingerprint density at radius 3 is 2.81 bits per heavy atom. The summed E-state index contributed by atoms with van der Waals surface area (Å²) in [5, 5.41) is 15.0. The predicted octanol–water partition coefficient (Wildman–Crippen LogP) is 2.23. The number of guanidine groups is 1. The third-order valence-corrected chi connectivity index (χ3v) is 4.76. The van der Waals surface area contributed by atoms with E-state index in [0.29, 0.717) is 24.2 Å². The molecule has 26 heavy (non-hydrogen) atoms. The number of hydrogen-bond donors (Lipinski definition) is 2. The molecule has 3 rings (SSSR count). The molecule has 1 saturated carbocycles. The summed E-state index contributed by atoms with van der Waals surface area (Å²) in [7, 11) is 1.93. The molecule has 1 aliphatic carbocycles. The van der Waals surface area contributed by atoms with Crippen molar-refractivity contribution in [2.45, 2.75) is 58.2 Å². The molecule has 1 aliphatic rings. The number of aliphatic imine (C=N–C) groups is 1. The Morgan fingerprint density at radius 2 is 2.12 bits per heavy atom. The zero-order valence-corrected chi connectivity index (χ0v) is 15.4. The van der Waals surface area contributed by atoms with E-state index in [-0.39, 0.29) is 12.4 Å². The minimum absolute atomic E-state index is 0.187. The maximum Gasteiger partial charge on any atom is 0.192 e. The average molecular weight is 359 g/mol. The molecule has 0 unspecified atom stereocenters. The molecule has 0 aliphatic heterocycles. The van der Waals surface area contributed by atoms with Gasteiger partial charge in [-0.15, -0.1) is 10.2 Å². The van der Waals surface area contributed by atoms with E-state index in [1.165, 1.54) is 25.3 Å². The van der Waals surface area contributed by atoms with Gasteiger partial charge in [0.15, 0.2) is 11.8 Å². The standard InChI is InChI=1S/C18H26FN7/c1-13-24-25-17(26(13)2)12-22-18(23-14-7-4-3-5-8-14)21-11-16-15(19)9-6-10-20-16/h6,9-10,14H,3-5,7-8,11-12H2,1-2H3,(H2,21,22,23). The van der Waals surface area contributed by atoms with Crippen LogP contribution in [-0.4, -0.2) is 31.7 Å². The van der Waals surface area contributed by atoms with Crippen molar-refractivity contribution in [3.05, 3.63) is 41.5 Å². The first-order valence-corrected chi connectivity index (χ1v) is 9.12. The average Bonchev–Trinajstić information content (AvgIpc) is 2.98. The second kappa shape index (κ2) is 8.73. The second-order valence-electron chi connectivity index (χ2n) is 6.65. The first-order chi connectivity index (χ1) is 12.6. The fraction of sp³-hybridized carbons (Fsp3) is 0.556. The summed E-state index contributed by atoms with van der Waals surface area (Å²) in [6.07, 6.45) is 7.57. The summed E-state index contributed by atoms with van der Waals surface area (Å²) in [6.45, 7) is 2.60. The monoisotopic (exact) mass is 359 g/mol. The Hall–Kier alpha value is -2.51. The Morgan fingerprint density at radius 1 is 1.31 bits per heavy atom. The van der Waals surface area contributed by atoms with E-state index in [2.05, 4.69) is 30.8 Å². The molecule has 0 radical (unpaired) electrons. The van der Waals surface area contributed by atoms with Crippen molar-refractivity contribution in [3.8, 4) is 0 Å². The Balaban J connectivity index is 1.68. The molecular formula is C18H26FN7. The lowest BCUT2D eigenvalue weighted by molar-refractivity contribution is 0.409. The van der Waals surface area contributed by atoms with Crippen molar-refractivity contribution in [3.63, 3.8) is 0 Å². The highest BCUT2D eigenvalue weighted by atomic mass is 19.1. The molecule has 0 spiro atoms. The highest BCUT2D eigenvalue weighted by molar-refractivity contribution is 5.80. The molecule has 0 amide bonds. The fourth-order valence-corrected chi connectivity index (χ4v) is 3.05. The smallest absolute Gasteiger partial charge is 0.192 e. The molecule has 8 heteroatoms. The first-order valence-electron chi connectivity index (χ1n) is 9.12. The highest BCUT2D eigenvalue weighted by Crippen LogP contribution is 2.17. The molecule has 0 atom stereocenters. The summed E-state index contributed by atoms with van der Waals surface area (Å²) in [4.78, 5) is 8.60. The summed E-state index contributed by atoms with van der Waals surface area (Å²) in [6, 6.07) is 3.38. The molecule has 2 heterocycles. The summed E-state index contributed by atoms with van der Waals surface area (Å²) >= 11 is 0. The van der Waals surface area contributed by atoms with E-state index in [1.807, 2.05) is 18.5 Å². The fourth-order valence-electron chi connectivity index (χ4n) is 3.05. The van der Waals surface area contributed by atoms with Crippen LogP contribution in [0.25, 0.3) is 0 Å². The van der Waals surface area contributed by atoms with Crippen LogP contribution in [0.4, 0.5) is 4.39 Å². The first kappa shape index (κ1) is 18.3. The molecule has 7 nitrogen and oxygen atoms in total. The van der Waals surface area contributed by atoms with E-state index < -0.39 is 0 Å². The number of aromatic nitrogens is 4. The zero-order valence-electron chi connectivity index (χ0n) is 15.4. The number of hydrogen-bond acceptors (Lipinski definition) is 4. The quantitative estimate of drug-likeness (QED) is 0.632. The van der Waals surface area contributed by atoms with Crippen LogP contribution >= 0.6 is 0 Å². The molecule has 1 fully saturated rings. The molecule has 0 bridgehead atoms. The van der Waals surface area contributed by atoms with Gasteiger partial charge < -0.3 is 15.2 Å². The minimum atomic E-state index is -0.336. The van der Waals surface area contributed by atoms with Crippen molar-refractivity contribution < 1.29 is 4.39 Å². The Labute approximate surface area is 153 Å². The number of pyridine rings is 1. The van der Waals surface area contributed by atoms with Gasteiger partial charge in [-0.1, -0.05) is 19.3 Å². The van der Waals surface area contributed by atoms with Crippen LogP contribution in [0.15, 0.2) is 23.3 Å². The van der Waals surface area contributed by atoms with Crippen molar-refractivity contribution in [2.75, 3.05) is 0 Å². The molecule has 140 valence electrons. The van der Waals surface area contributed by atoms with Gasteiger partial charge in [-0.3, -0.25) is 4.98 Å². The van der Waals surface area contributed by atoms with Crippen LogP contribution in [0.2, 0.25) is 0 Å². The highest BCUT2D eigenvalue weighted by Gasteiger charge is 2.15. The lowest BCUT2D eigenvalue weighted by Crippen LogP contribution is -2.44. The van der Waals surface area contributed by atoms with Gasteiger partial charge in [-0.05, 0) is 31.9 Å². The van der Waals surface area contributed by atoms with E-state index in [0.717, 1.165) is 24.5 Å². The lowest BCUT2D eigenvalue weighted by atomic mass is 9.96. The number of nitrogens with one attached hydrogen (secondary N) is 2. The largest absolute Gasteiger partial charge is 0.354 e. The van der Waals surface area contributed by atoms with E-state index in [4.69, 9.17) is 0 Å². The number of aryl methyl sites for hydroxylation is 1. The maximum absolute atomic E-state index is 13.8. The SMILES string of the molecule is Cc1nnc(CNC(=NCc2ncccc2F)NC2CCCCC2)n1C. The molecule has 2 aromatic rings. The van der Waals surface area contributed by atoms with Gasteiger partial charge in [0.1, 0.15) is 11.6 Å². The van der Waals surface area contributed by atoms with Gasteiger partial charge >= 0.3 is 0 Å². The number of nitrogens with zero attached hydrogens (tertiary/aromatic N) is 5. The maximum atomic E-state index is 13.8.